The lowest BCUT2D eigenvalue weighted by Gasteiger charge is -2.34. The summed E-state index contributed by atoms with van der Waals surface area (Å²) in [5, 5.41) is 0. The third-order valence-corrected chi connectivity index (χ3v) is 3.91. The van der Waals surface area contributed by atoms with Crippen LogP contribution in [0.3, 0.4) is 0 Å². The van der Waals surface area contributed by atoms with Gasteiger partial charge in [0, 0.05) is 37.8 Å². The Morgan fingerprint density at radius 2 is 1.89 bits per heavy atom. The SMILES string of the molecule is Nc1cc(C(=O)N2CCN(C3CC3)CC2)ccc1F. The molecular weight excluding hydrogens is 245 g/mol. The van der Waals surface area contributed by atoms with Gasteiger partial charge in [0.2, 0.25) is 0 Å². The van der Waals surface area contributed by atoms with Crippen molar-refractivity contribution >= 4 is 11.6 Å². The number of piperazine rings is 1. The highest BCUT2D eigenvalue weighted by molar-refractivity contribution is 5.95. The van der Waals surface area contributed by atoms with E-state index in [-0.39, 0.29) is 11.6 Å². The first-order valence-corrected chi connectivity index (χ1v) is 6.73. The molecule has 1 saturated carbocycles. The van der Waals surface area contributed by atoms with Gasteiger partial charge in [-0.15, -0.1) is 0 Å². The van der Waals surface area contributed by atoms with Crippen LogP contribution in [-0.4, -0.2) is 47.9 Å². The van der Waals surface area contributed by atoms with Crippen molar-refractivity contribution in [1.82, 2.24) is 9.80 Å². The molecule has 1 aromatic rings. The van der Waals surface area contributed by atoms with Crippen LogP contribution in [0.1, 0.15) is 23.2 Å². The first kappa shape index (κ1) is 12.4. The Morgan fingerprint density at radius 3 is 2.47 bits per heavy atom. The van der Waals surface area contributed by atoms with Crippen LogP contribution >= 0.6 is 0 Å². The first-order chi connectivity index (χ1) is 9.15. The van der Waals surface area contributed by atoms with E-state index in [2.05, 4.69) is 4.90 Å². The molecule has 1 aromatic carbocycles. The van der Waals surface area contributed by atoms with Crippen molar-refractivity contribution in [2.45, 2.75) is 18.9 Å². The van der Waals surface area contributed by atoms with Gasteiger partial charge in [0.15, 0.2) is 0 Å². The molecule has 0 atom stereocenters. The molecule has 0 unspecified atom stereocenters. The fourth-order valence-corrected chi connectivity index (χ4v) is 2.59. The van der Waals surface area contributed by atoms with Gasteiger partial charge in [-0.25, -0.2) is 4.39 Å². The lowest BCUT2D eigenvalue weighted by atomic mass is 10.1. The standard InChI is InChI=1S/C14H18FN3O/c15-12-4-1-10(9-13(12)16)14(19)18-7-5-17(6-8-18)11-2-3-11/h1,4,9,11H,2-3,5-8,16H2. The van der Waals surface area contributed by atoms with E-state index in [4.69, 9.17) is 5.73 Å². The van der Waals surface area contributed by atoms with E-state index < -0.39 is 5.82 Å². The molecule has 1 aliphatic heterocycles. The minimum atomic E-state index is -0.477. The Balaban J connectivity index is 1.65. The first-order valence-electron chi connectivity index (χ1n) is 6.73. The Bertz CT molecular complexity index is 493. The van der Waals surface area contributed by atoms with E-state index in [0.29, 0.717) is 5.56 Å². The number of halogens is 1. The van der Waals surface area contributed by atoms with Gasteiger partial charge in [-0.1, -0.05) is 0 Å². The van der Waals surface area contributed by atoms with Crippen LogP contribution in [0.25, 0.3) is 0 Å². The van der Waals surface area contributed by atoms with Gasteiger partial charge in [-0.2, -0.15) is 0 Å². The van der Waals surface area contributed by atoms with E-state index in [9.17, 15) is 9.18 Å². The lowest BCUT2D eigenvalue weighted by Crippen LogP contribution is -2.49. The zero-order chi connectivity index (χ0) is 13.4. The van der Waals surface area contributed by atoms with Crippen molar-refractivity contribution in [1.29, 1.82) is 0 Å². The number of benzene rings is 1. The highest BCUT2D eigenvalue weighted by Gasteiger charge is 2.32. The van der Waals surface area contributed by atoms with Gasteiger partial charge >= 0.3 is 0 Å². The second-order valence-electron chi connectivity index (χ2n) is 5.30. The zero-order valence-corrected chi connectivity index (χ0v) is 10.8. The third-order valence-electron chi connectivity index (χ3n) is 3.91. The number of anilines is 1. The topological polar surface area (TPSA) is 49.6 Å². The molecule has 4 nitrogen and oxygen atoms in total. The predicted molar refractivity (Wildman–Crippen MR) is 71.3 cm³/mol. The third kappa shape index (κ3) is 2.56. The Kier molecular flexibility index (Phi) is 3.14. The van der Waals surface area contributed by atoms with Gasteiger partial charge in [0.05, 0.1) is 5.69 Å². The summed E-state index contributed by atoms with van der Waals surface area (Å²) in [6.45, 7) is 3.36. The summed E-state index contributed by atoms with van der Waals surface area (Å²) in [6.07, 6.45) is 2.59. The summed E-state index contributed by atoms with van der Waals surface area (Å²) >= 11 is 0. The number of rotatable bonds is 2. The van der Waals surface area contributed by atoms with Crippen molar-refractivity contribution in [3.63, 3.8) is 0 Å². The maximum atomic E-state index is 13.1. The van der Waals surface area contributed by atoms with Crippen molar-refractivity contribution in [3.05, 3.63) is 29.6 Å². The van der Waals surface area contributed by atoms with Crippen LogP contribution < -0.4 is 5.73 Å². The number of hydrogen-bond acceptors (Lipinski definition) is 3. The van der Waals surface area contributed by atoms with Crippen molar-refractivity contribution < 1.29 is 9.18 Å². The molecule has 5 heteroatoms. The average Bonchev–Trinajstić information content (AvgIpc) is 3.26. The van der Waals surface area contributed by atoms with E-state index in [0.717, 1.165) is 32.2 Å². The van der Waals surface area contributed by atoms with Crippen LogP contribution in [0.4, 0.5) is 10.1 Å². The molecular formula is C14H18FN3O. The molecule has 1 heterocycles. The van der Waals surface area contributed by atoms with Crippen LogP contribution in [0, 0.1) is 5.82 Å². The van der Waals surface area contributed by atoms with E-state index in [1.807, 2.05) is 4.90 Å². The molecule has 2 aliphatic rings. The Hall–Kier alpha value is -1.62. The van der Waals surface area contributed by atoms with Gasteiger partial charge in [-0.05, 0) is 31.0 Å². The normalized spacial score (nSPS) is 20.6. The van der Waals surface area contributed by atoms with Gasteiger partial charge in [0.25, 0.3) is 5.91 Å². The smallest absolute Gasteiger partial charge is 0.254 e. The number of amides is 1. The van der Waals surface area contributed by atoms with Gasteiger partial charge in [0.1, 0.15) is 5.82 Å². The largest absolute Gasteiger partial charge is 0.396 e. The Labute approximate surface area is 112 Å². The zero-order valence-electron chi connectivity index (χ0n) is 10.8. The van der Waals surface area contributed by atoms with Crippen LogP contribution in [0.15, 0.2) is 18.2 Å². The quantitative estimate of drug-likeness (QED) is 0.819. The highest BCUT2D eigenvalue weighted by atomic mass is 19.1. The molecule has 1 amide bonds. The number of hydrogen-bond donors (Lipinski definition) is 1. The minimum Gasteiger partial charge on any atom is -0.396 e. The van der Waals surface area contributed by atoms with Gasteiger partial charge in [-0.3, -0.25) is 9.69 Å². The summed E-state index contributed by atoms with van der Waals surface area (Å²) in [5.41, 5.74) is 6.01. The predicted octanol–water partition coefficient (Wildman–Crippen LogP) is 1.33. The molecule has 2 N–H and O–H groups in total. The molecule has 0 spiro atoms. The fraction of sp³-hybridized carbons (Fsp3) is 0.500. The lowest BCUT2D eigenvalue weighted by molar-refractivity contribution is 0.0627. The molecule has 1 aliphatic carbocycles. The second-order valence-corrected chi connectivity index (χ2v) is 5.30. The summed E-state index contributed by atoms with van der Waals surface area (Å²) in [4.78, 5) is 16.6. The number of nitrogen functional groups attached to an aromatic ring is 1. The molecule has 0 radical (unpaired) electrons. The van der Waals surface area contributed by atoms with Crippen molar-refractivity contribution in [3.8, 4) is 0 Å². The highest BCUT2D eigenvalue weighted by Crippen LogP contribution is 2.27. The number of nitrogens with two attached hydrogens (primary N) is 1. The van der Waals surface area contributed by atoms with Crippen LogP contribution in [-0.2, 0) is 0 Å². The fourth-order valence-electron chi connectivity index (χ4n) is 2.59. The number of carbonyl (C=O) groups excluding carboxylic acids is 1. The molecule has 2 fully saturated rings. The summed E-state index contributed by atoms with van der Waals surface area (Å²) < 4.78 is 13.1. The van der Waals surface area contributed by atoms with Crippen LogP contribution in [0.5, 0.6) is 0 Å². The Morgan fingerprint density at radius 1 is 1.21 bits per heavy atom. The number of carbonyl (C=O) groups is 1. The second kappa shape index (κ2) is 4.81. The monoisotopic (exact) mass is 263 g/mol. The van der Waals surface area contributed by atoms with Crippen molar-refractivity contribution in [2.24, 2.45) is 0 Å². The number of nitrogens with zero attached hydrogens (tertiary/aromatic N) is 2. The molecule has 19 heavy (non-hydrogen) atoms. The van der Waals surface area contributed by atoms with E-state index >= 15 is 0 Å². The molecule has 1 saturated heterocycles. The molecule has 102 valence electrons. The van der Waals surface area contributed by atoms with Crippen LogP contribution in [0.2, 0.25) is 0 Å². The molecule has 0 bridgehead atoms. The maximum Gasteiger partial charge on any atom is 0.254 e. The summed E-state index contributed by atoms with van der Waals surface area (Å²) in [7, 11) is 0. The molecule has 3 rings (SSSR count). The van der Waals surface area contributed by atoms with Crippen molar-refractivity contribution in [2.75, 3.05) is 31.9 Å². The van der Waals surface area contributed by atoms with Gasteiger partial charge < -0.3 is 10.6 Å². The summed E-state index contributed by atoms with van der Waals surface area (Å²) in [6, 6.07) is 4.92. The maximum absolute atomic E-state index is 13.1. The average molecular weight is 263 g/mol. The molecule has 0 aromatic heterocycles. The van der Waals surface area contributed by atoms with E-state index in [1.54, 1.807) is 0 Å². The van der Waals surface area contributed by atoms with E-state index in [1.165, 1.54) is 31.0 Å². The minimum absolute atomic E-state index is 0.0301. The summed E-state index contributed by atoms with van der Waals surface area (Å²) in [5.74, 6) is -0.530.